The van der Waals surface area contributed by atoms with Crippen molar-refractivity contribution in [2.45, 2.75) is 26.7 Å². The number of thiophene rings is 1. The molecule has 0 amide bonds. The van der Waals surface area contributed by atoms with Crippen molar-refractivity contribution in [3.63, 3.8) is 0 Å². The third-order valence-corrected chi connectivity index (χ3v) is 4.03. The number of hydrogen-bond donors (Lipinski definition) is 0. The fourth-order valence-corrected chi connectivity index (χ4v) is 2.69. The second kappa shape index (κ2) is 6.53. The van der Waals surface area contributed by atoms with E-state index in [2.05, 4.69) is 13.8 Å². The lowest BCUT2D eigenvalue weighted by Gasteiger charge is -2.05. The van der Waals surface area contributed by atoms with Crippen LogP contribution < -0.4 is 4.74 Å². The van der Waals surface area contributed by atoms with Gasteiger partial charge >= 0.3 is 0 Å². The first-order valence-electron chi connectivity index (χ1n) is 6.60. The molecule has 1 heterocycles. The summed E-state index contributed by atoms with van der Waals surface area (Å²) in [6.07, 6.45) is 1.93. The van der Waals surface area contributed by atoms with E-state index in [4.69, 9.17) is 4.74 Å². The van der Waals surface area contributed by atoms with Crippen LogP contribution in [0.2, 0.25) is 0 Å². The van der Waals surface area contributed by atoms with E-state index in [-0.39, 0.29) is 5.78 Å². The van der Waals surface area contributed by atoms with Crippen molar-refractivity contribution < 1.29 is 9.53 Å². The highest BCUT2D eigenvalue weighted by Gasteiger charge is 2.12. The molecule has 1 aromatic heterocycles. The molecule has 2 rings (SSSR count). The minimum Gasteiger partial charge on any atom is -0.494 e. The fraction of sp³-hybridized carbons (Fsp3) is 0.312. The fourth-order valence-electron chi connectivity index (χ4n) is 1.78. The van der Waals surface area contributed by atoms with E-state index in [1.165, 1.54) is 4.88 Å². The Bertz CT molecular complexity index is 557. The molecule has 1 aromatic carbocycles. The van der Waals surface area contributed by atoms with Crippen molar-refractivity contribution in [1.29, 1.82) is 0 Å². The van der Waals surface area contributed by atoms with Gasteiger partial charge in [0.1, 0.15) is 5.75 Å². The van der Waals surface area contributed by atoms with Gasteiger partial charge in [0.15, 0.2) is 0 Å². The molecule has 0 aliphatic carbocycles. The normalized spacial score (nSPS) is 10.4. The summed E-state index contributed by atoms with van der Waals surface area (Å²) in [5.41, 5.74) is 0.693. The molecule has 0 bridgehead atoms. The number of rotatable bonds is 6. The standard InChI is InChI=1S/C16H18O2S/c1-3-10-18-13-7-5-6-12(11-13)16(17)15-9-8-14(4-2)19-15/h5-9,11H,3-4,10H2,1-2H3. The molecule has 2 nitrogen and oxygen atoms in total. The van der Waals surface area contributed by atoms with Crippen molar-refractivity contribution in [1.82, 2.24) is 0 Å². The molecule has 100 valence electrons. The van der Waals surface area contributed by atoms with E-state index in [0.29, 0.717) is 12.2 Å². The molecule has 0 fully saturated rings. The SMILES string of the molecule is CCCOc1cccc(C(=O)c2ccc(CC)s2)c1. The Morgan fingerprint density at radius 2 is 2.05 bits per heavy atom. The Hall–Kier alpha value is -1.61. The molecule has 0 saturated heterocycles. The third kappa shape index (κ3) is 3.44. The summed E-state index contributed by atoms with van der Waals surface area (Å²) in [5.74, 6) is 0.839. The third-order valence-electron chi connectivity index (χ3n) is 2.80. The Morgan fingerprint density at radius 3 is 2.74 bits per heavy atom. The van der Waals surface area contributed by atoms with Crippen molar-refractivity contribution in [2.75, 3.05) is 6.61 Å². The van der Waals surface area contributed by atoms with Gasteiger partial charge in [0.25, 0.3) is 0 Å². The molecule has 3 heteroatoms. The Balaban J connectivity index is 2.18. The van der Waals surface area contributed by atoms with Crippen molar-refractivity contribution in [2.24, 2.45) is 0 Å². The molecule has 19 heavy (non-hydrogen) atoms. The number of ether oxygens (including phenoxy) is 1. The van der Waals surface area contributed by atoms with Gasteiger partial charge in [-0.2, -0.15) is 0 Å². The highest BCUT2D eigenvalue weighted by atomic mass is 32.1. The van der Waals surface area contributed by atoms with E-state index < -0.39 is 0 Å². The molecule has 0 aliphatic rings. The van der Waals surface area contributed by atoms with Gasteiger partial charge in [0.2, 0.25) is 5.78 Å². The summed E-state index contributed by atoms with van der Waals surface area (Å²) < 4.78 is 5.56. The summed E-state index contributed by atoms with van der Waals surface area (Å²) in [6.45, 7) is 4.84. The minimum absolute atomic E-state index is 0.0756. The largest absolute Gasteiger partial charge is 0.494 e. The zero-order chi connectivity index (χ0) is 13.7. The maximum absolute atomic E-state index is 12.4. The molecule has 0 saturated carbocycles. The first kappa shape index (κ1) is 13.8. The number of ketones is 1. The van der Waals surface area contributed by atoms with Gasteiger partial charge < -0.3 is 4.74 Å². The second-order valence-electron chi connectivity index (χ2n) is 4.32. The molecular formula is C16H18O2S. The number of carbonyl (C=O) groups excluding carboxylic acids is 1. The van der Waals surface area contributed by atoms with E-state index in [0.717, 1.165) is 23.5 Å². The predicted octanol–water partition coefficient (Wildman–Crippen LogP) is 4.33. The van der Waals surface area contributed by atoms with Crippen molar-refractivity contribution in [3.05, 3.63) is 51.7 Å². The lowest BCUT2D eigenvalue weighted by Crippen LogP contribution is -2.00. The van der Waals surface area contributed by atoms with Crippen LogP contribution in [0.25, 0.3) is 0 Å². The van der Waals surface area contributed by atoms with Crippen molar-refractivity contribution in [3.8, 4) is 5.75 Å². The smallest absolute Gasteiger partial charge is 0.203 e. The van der Waals surface area contributed by atoms with Crippen LogP contribution in [0.4, 0.5) is 0 Å². The Labute approximate surface area is 118 Å². The zero-order valence-electron chi connectivity index (χ0n) is 11.3. The molecule has 0 spiro atoms. The summed E-state index contributed by atoms with van der Waals surface area (Å²) in [5, 5.41) is 0. The van der Waals surface area contributed by atoms with Gasteiger partial charge in [-0.05, 0) is 37.1 Å². The number of carbonyl (C=O) groups is 1. The number of hydrogen-bond acceptors (Lipinski definition) is 3. The maximum Gasteiger partial charge on any atom is 0.203 e. The molecule has 2 aromatic rings. The average molecular weight is 274 g/mol. The van der Waals surface area contributed by atoms with Crippen LogP contribution in [-0.4, -0.2) is 12.4 Å². The van der Waals surface area contributed by atoms with Gasteiger partial charge in [-0.15, -0.1) is 11.3 Å². The quantitative estimate of drug-likeness (QED) is 0.733. The summed E-state index contributed by atoms with van der Waals surface area (Å²) in [7, 11) is 0. The highest BCUT2D eigenvalue weighted by Crippen LogP contribution is 2.22. The van der Waals surface area contributed by atoms with E-state index in [1.54, 1.807) is 11.3 Å². The predicted molar refractivity (Wildman–Crippen MR) is 79.4 cm³/mol. The molecular weight excluding hydrogens is 256 g/mol. The molecule has 0 N–H and O–H groups in total. The zero-order valence-corrected chi connectivity index (χ0v) is 12.1. The number of benzene rings is 1. The van der Waals surface area contributed by atoms with Crippen LogP contribution in [0.5, 0.6) is 5.75 Å². The van der Waals surface area contributed by atoms with Gasteiger partial charge in [-0.25, -0.2) is 0 Å². The lowest BCUT2D eigenvalue weighted by atomic mass is 10.1. The minimum atomic E-state index is 0.0756. The van der Waals surface area contributed by atoms with E-state index in [1.807, 2.05) is 36.4 Å². The van der Waals surface area contributed by atoms with Crippen LogP contribution in [-0.2, 0) is 6.42 Å². The summed E-state index contributed by atoms with van der Waals surface area (Å²) in [6, 6.07) is 11.3. The van der Waals surface area contributed by atoms with Gasteiger partial charge in [0, 0.05) is 10.4 Å². The first-order valence-corrected chi connectivity index (χ1v) is 7.42. The maximum atomic E-state index is 12.4. The average Bonchev–Trinajstić information content (AvgIpc) is 2.93. The van der Waals surface area contributed by atoms with Gasteiger partial charge in [-0.3, -0.25) is 4.79 Å². The van der Waals surface area contributed by atoms with Crippen LogP contribution in [0, 0.1) is 0 Å². The van der Waals surface area contributed by atoms with Crippen LogP contribution >= 0.6 is 11.3 Å². The van der Waals surface area contributed by atoms with Crippen LogP contribution in [0.3, 0.4) is 0 Å². The second-order valence-corrected chi connectivity index (χ2v) is 5.49. The Morgan fingerprint density at radius 1 is 1.21 bits per heavy atom. The van der Waals surface area contributed by atoms with Crippen LogP contribution in [0.15, 0.2) is 36.4 Å². The lowest BCUT2D eigenvalue weighted by molar-refractivity contribution is 0.104. The highest BCUT2D eigenvalue weighted by molar-refractivity contribution is 7.14. The van der Waals surface area contributed by atoms with E-state index in [9.17, 15) is 4.79 Å². The Kier molecular flexibility index (Phi) is 4.74. The number of aryl methyl sites for hydroxylation is 1. The summed E-state index contributed by atoms with van der Waals surface area (Å²) >= 11 is 1.57. The topological polar surface area (TPSA) is 26.3 Å². The van der Waals surface area contributed by atoms with Gasteiger partial charge in [-0.1, -0.05) is 26.0 Å². The molecule has 0 aliphatic heterocycles. The molecule has 0 atom stereocenters. The van der Waals surface area contributed by atoms with Gasteiger partial charge in [0.05, 0.1) is 11.5 Å². The molecule has 0 unspecified atom stereocenters. The van der Waals surface area contributed by atoms with Crippen LogP contribution in [0.1, 0.15) is 40.4 Å². The monoisotopic (exact) mass is 274 g/mol. The molecule has 0 radical (unpaired) electrons. The van der Waals surface area contributed by atoms with Crippen molar-refractivity contribution >= 4 is 17.1 Å². The summed E-state index contributed by atoms with van der Waals surface area (Å²) in [4.78, 5) is 14.4. The first-order chi connectivity index (χ1) is 9.24. The van der Waals surface area contributed by atoms with E-state index >= 15 is 0 Å².